The number of oxime groups is 1. The minimum absolute atomic E-state index is 0.158. The lowest BCUT2D eigenvalue weighted by Gasteiger charge is -2.15. The molecule has 0 bridgehead atoms. The summed E-state index contributed by atoms with van der Waals surface area (Å²) in [5.74, 6) is 0.583. The molecule has 0 amide bonds. The van der Waals surface area contributed by atoms with Crippen LogP contribution in [0.4, 0.5) is 4.39 Å². The van der Waals surface area contributed by atoms with Gasteiger partial charge >= 0.3 is 0 Å². The van der Waals surface area contributed by atoms with E-state index in [0.29, 0.717) is 38.7 Å². The van der Waals surface area contributed by atoms with E-state index in [0.717, 1.165) is 0 Å². The molecule has 0 aromatic heterocycles. The van der Waals surface area contributed by atoms with Crippen molar-refractivity contribution in [2.75, 3.05) is 6.61 Å². The van der Waals surface area contributed by atoms with Crippen LogP contribution in [0.1, 0.15) is 18.1 Å². The van der Waals surface area contributed by atoms with Crippen LogP contribution in [0.2, 0.25) is 5.02 Å². The van der Waals surface area contributed by atoms with Gasteiger partial charge in [0, 0.05) is 11.1 Å². The highest BCUT2D eigenvalue weighted by molar-refractivity contribution is 9.10. The van der Waals surface area contributed by atoms with Crippen molar-refractivity contribution < 1.29 is 19.1 Å². The van der Waals surface area contributed by atoms with Crippen molar-refractivity contribution in [3.63, 3.8) is 0 Å². The summed E-state index contributed by atoms with van der Waals surface area (Å²) in [4.78, 5) is 0. The Kier molecular flexibility index (Phi) is 6.24. The summed E-state index contributed by atoms with van der Waals surface area (Å²) >= 11 is 9.40. The summed E-state index contributed by atoms with van der Waals surface area (Å²) in [6.07, 6.45) is 1.29. The van der Waals surface area contributed by atoms with Crippen LogP contribution in [0.5, 0.6) is 11.5 Å². The van der Waals surface area contributed by atoms with Crippen LogP contribution in [0, 0.1) is 5.82 Å². The molecule has 0 atom stereocenters. The van der Waals surface area contributed by atoms with E-state index in [-0.39, 0.29) is 6.61 Å². The number of benzene rings is 2. The first kappa shape index (κ1) is 17.6. The van der Waals surface area contributed by atoms with Gasteiger partial charge in [-0.25, -0.2) is 4.39 Å². The van der Waals surface area contributed by atoms with Gasteiger partial charge in [0.25, 0.3) is 0 Å². The highest BCUT2D eigenvalue weighted by atomic mass is 79.9. The van der Waals surface area contributed by atoms with Crippen LogP contribution in [-0.4, -0.2) is 18.0 Å². The third-order valence-electron chi connectivity index (χ3n) is 2.93. The highest BCUT2D eigenvalue weighted by Gasteiger charge is 2.13. The SMILES string of the molecule is CCOc1cc(/C=N/O)cc(Br)c1OCc1ccc(F)cc1Cl. The quantitative estimate of drug-likeness (QED) is 0.419. The van der Waals surface area contributed by atoms with Crippen LogP contribution in [0.3, 0.4) is 0 Å². The van der Waals surface area contributed by atoms with Crippen LogP contribution >= 0.6 is 27.5 Å². The zero-order chi connectivity index (χ0) is 16.8. The van der Waals surface area contributed by atoms with E-state index in [4.69, 9.17) is 26.3 Å². The van der Waals surface area contributed by atoms with E-state index in [2.05, 4.69) is 21.1 Å². The van der Waals surface area contributed by atoms with E-state index in [9.17, 15) is 4.39 Å². The second kappa shape index (κ2) is 8.17. The second-order valence-corrected chi connectivity index (χ2v) is 5.79. The molecule has 7 heteroatoms. The van der Waals surface area contributed by atoms with Gasteiger partial charge in [0.15, 0.2) is 11.5 Å². The van der Waals surface area contributed by atoms with Gasteiger partial charge in [0.2, 0.25) is 0 Å². The van der Waals surface area contributed by atoms with E-state index in [1.54, 1.807) is 18.2 Å². The van der Waals surface area contributed by atoms with Gasteiger partial charge in [0.05, 0.1) is 22.3 Å². The van der Waals surface area contributed by atoms with Crippen molar-refractivity contribution in [2.24, 2.45) is 5.16 Å². The van der Waals surface area contributed by atoms with Crippen molar-refractivity contribution in [2.45, 2.75) is 13.5 Å². The van der Waals surface area contributed by atoms with Gasteiger partial charge < -0.3 is 14.7 Å². The topological polar surface area (TPSA) is 51.0 Å². The second-order valence-electron chi connectivity index (χ2n) is 4.53. The fraction of sp³-hybridized carbons (Fsp3) is 0.188. The first-order valence-electron chi connectivity index (χ1n) is 6.75. The van der Waals surface area contributed by atoms with Crippen LogP contribution < -0.4 is 9.47 Å². The average molecular weight is 403 g/mol. The lowest BCUT2D eigenvalue weighted by molar-refractivity contribution is 0.267. The average Bonchev–Trinajstić information content (AvgIpc) is 2.49. The van der Waals surface area contributed by atoms with E-state index in [1.165, 1.54) is 18.3 Å². The van der Waals surface area contributed by atoms with Gasteiger partial charge in [-0.1, -0.05) is 22.8 Å². The van der Waals surface area contributed by atoms with Gasteiger partial charge in [-0.2, -0.15) is 0 Å². The molecule has 1 N–H and O–H groups in total. The molecule has 2 rings (SSSR count). The third kappa shape index (κ3) is 4.59. The van der Waals surface area contributed by atoms with E-state index < -0.39 is 5.82 Å². The zero-order valence-electron chi connectivity index (χ0n) is 12.2. The summed E-state index contributed by atoms with van der Waals surface area (Å²) in [7, 11) is 0. The predicted molar refractivity (Wildman–Crippen MR) is 90.4 cm³/mol. The van der Waals surface area contributed by atoms with E-state index in [1.807, 2.05) is 6.92 Å². The normalized spacial score (nSPS) is 11.0. The fourth-order valence-corrected chi connectivity index (χ4v) is 2.72. The first-order valence-corrected chi connectivity index (χ1v) is 7.92. The third-order valence-corrected chi connectivity index (χ3v) is 3.87. The molecule has 0 spiro atoms. The Morgan fingerprint density at radius 3 is 2.74 bits per heavy atom. The maximum atomic E-state index is 13.1. The van der Waals surface area contributed by atoms with Crippen molar-refractivity contribution in [1.82, 2.24) is 0 Å². The Hall–Kier alpha value is -1.79. The van der Waals surface area contributed by atoms with Crippen molar-refractivity contribution in [3.8, 4) is 11.5 Å². The predicted octanol–water partition coefficient (Wildman–Crippen LogP) is 5.03. The number of rotatable bonds is 6. The van der Waals surface area contributed by atoms with Gasteiger partial charge in [-0.05, 0) is 47.1 Å². The Morgan fingerprint density at radius 1 is 1.30 bits per heavy atom. The lowest BCUT2D eigenvalue weighted by atomic mass is 10.2. The molecule has 0 saturated heterocycles. The highest BCUT2D eigenvalue weighted by Crippen LogP contribution is 2.37. The van der Waals surface area contributed by atoms with Crippen molar-refractivity contribution >= 4 is 33.7 Å². The summed E-state index contributed by atoms with van der Waals surface area (Å²) in [6.45, 7) is 2.45. The largest absolute Gasteiger partial charge is 0.490 e. The number of hydrogen-bond acceptors (Lipinski definition) is 4. The maximum absolute atomic E-state index is 13.1. The van der Waals surface area contributed by atoms with E-state index >= 15 is 0 Å². The minimum atomic E-state index is -0.400. The number of halogens is 3. The van der Waals surface area contributed by atoms with Crippen LogP contribution in [0.25, 0.3) is 0 Å². The van der Waals surface area contributed by atoms with Crippen LogP contribution in [-0.2, 0) is 6.61 Å². The summed E-state index contributed by atoms with van der Waals surface area (Å²) in [5.41, 5.74) is 1.30. The molecular weight excluding hydrogens is 389 g/mol. The molecule has 0 radical (unpaired) electrons. The van der Waals surface area contributed by atoms with Crippen LogP contribution in [0.15, 0.2) is 40.0 Å². The molecule has 2 aromatic carbocycles. The number of ether oxygens (including phenoxy) is 2. The molecule has 0 aliphatic carbocycles. The lowest BCUT2D eigenvalue weighted by Crippen LogP contribution is -2.02. The summed E-state index contributed by atoms with van der Waals surface area (Å²) in [6, 6.07) is 7.54. The molecule has 0 fully saturated rings. The maximum Gasteiger partial charge on any atom is 0.175 e. The van der Waals surface area contributed by atoms with Gasteiger partial charge in [-0.15, -0.1) is 0 Å². The molecule has 0 aliphatic rings. The van der Waals surface area contributed by atoms with Gasteiger partial charge in [-0.3, -0.25) is 0 Å². The van der Waals surface area contributed by atoms with Gasteiger partial charge in [0.1, 0.15) is 12.4 Å². The standard InChI is InChI=1S/C16H14BrClFNO3/c1-2-22-15-6-10(8-20-21)5-13(17)16(15)23-9-11-3-4-12(19)7-14(11)18/h3-8,21H,2,9H2,1H3/b20-8+. The molecule has 0 heterocycles. The molecule has 0 unspecified atom stereocenters. The molecule has 23 heavy (non-hydrogen) atoms. The molecule has 0 aliphatic heterocycles. The number of hydrogen-bond donors (Lipinski definition) is 1. The Bertz CT molecular complexity index is 725. The smallest absolute Gasteiger partial charge is 0.175 e. The first-order chi connectivity index (χ1) is 11.0. The molecule has 2 aromatic rings. The fourth-order valence-electron chi connectivity index (χ4n) is 1.92. The molecule has 122 valence electrons. The molecule has 0 saturated carbocycles. The number of nitrogens with zero attached hydrogens (tertiary/aromatic N) is 1. The minimum Gasteiger partial charge on any atom is -0.490 e. The zero-order valence-corrected chi connectivity index (χ0v) is 14.6. The monoisotopic (exact) mass is 401 g/mol. The molecular formula is C16H14BrClFNO3. The summed E-state index contributed by atoms with van der Waals surface area (Å²) in [5, 5.41) is 11.9. The Labute approximate surface area is 146 Å². The molecule has 4 nitrogen and oxygen atoms in total. The Balaban J connectivity index is 2.27. The van der Waals surface area contributed by atoms with Crippen molar-refractivity contribution in [1.29, 1.82) is 0 Å². The summed E-state index contributed by atoms with van der Waals surface area (Å²) < 4.78 is 25.0. The Morgan fingerprint density at radius 2 is 2.09 bits per heavy atom. The van der Waals surface area contributed by atoms with Crippen molar-refractivity contribution in [3.05, 3.63) is 56.8 Å².